The normalized spacial score (nSPS) is 11.6. The van der Waals surface area contributed by atoms with Gasteiger partial charge >= 0.3 is 5.97 Å². The maximum atomic E-state index is 11.4. The van der Waals surface area contributed by atoms with E-state index in [9.17, 15) is 9.90 Å². The zero-order valence-corrected chi connectivity index (χ0v) is 17.1. The molecule has 1 aromatic carbocycles. The Morgan fingerprint density at radius 2 is 2.07 bits per heavy atom. The van der Waals surface area contributed by atoms with Crippen molar-refractivity contribution in [3.63, 3.8) is 0 Å². The van der Waals surface area contributed by atoms with Gasteiger partial charge in [-0.1, -0.05) is 24.8 Å². The van der Waals surface area contributed by atoms with Crippen LogP contribution in [0.5, 0.6) is 0 Å². The van der Waals surface area contributed by atoms with Crippen molar-refractivity contribution in [2.45, 2.75) is 19.8 Å². The summed E-state index contributed by atoms with van der Waals surface area (Å²) in [5.74, 6) is -0.933. The smallest absolute Gasteiger partial charge is 0.335 e. The second-order valence-corrected chi connectivity index (χ2v) is 6.56. The summed E-state index contributed by atoms with van der Waals surface area (Å²) in [7, 11) is 3.28. The first-order valence-electron chi connectivity index (χ1n) is 9.36. The number of aromatic nitrogens is 1. The van der Waals surface area contributed by atoms with Crippen molar-refractivity contribution in [2.24, 2.45) is 0 Å². The Bertz CT molecular complexity index is 928. The molecule has 0 unspecified atom stereocenters. The molecule has 152 valence electrons. The molecule has 0 aliphatic heterocycles. The number of aromatic carboxylic acids is 1. The molecule has 0 saturated carbocycles. The number of carboxylic acids is 1. The predicted octanol–water partition coefficient (Wildman–Crippen LogP) is 5.06. The van der Waals surface area contributed by atoms with Crippen LogP contribution in [-0.2, 0) is 15.9 Å². The number of nitrogens with zero attached hydrogens (tertiary/aromatic N) is 1. The van der Waals surface area contributed by atoms with Crippen LogP contribution in [0.3, 0.4) is 0 Å². The van der Waals surface area contributed by atoms with Gasteiger partial charge < -0.3 is 14.6 Å². The molecule has 0 amide bonds. The molecule has 2 aromatic rings. The lowest BCUT2D eigenvalue weighted by atomic mass is 9.94. The summed E-state index contributed by atoms with van der Waals surface area (Å²) in [6.07, 6.45) is 10.6. The van der Waals surface area contributed by atoms with Crippen molar-refractivity contribution < 1.29 is 19.4 Å². The SMILES string of the molecule is C=C/C(=C\C=C\OC)c1ncc(CCCOC)cc1-c1ccc(C(=O)O)c(C)c1. The maximum absolute atomic E-state index is 11.4. The average molecular weight is 393 g/mol. The van der Waals surface area contributed by atoms with Gasteiger partial charge in [-0.25, -0.2) is 4.79 Å². The van der Waals surface area contributed by atoms with Crippen molar-refractivity contribution in [1.29, 1.82) is 0 Å². The predicted molar refractivity (Wildman–Crippen MR) is 116 cm³/mol. The summed E-state index contributed by atoms with van der Waals surface area (Å²) >= 11 is 0. The van der Waals surface area contributed by atoms with Gasteiger partial charge in [0.2, 0.25) is 0 Å². The molecule has 5 nitrogen and oxygen atoms in total. The molecule has 0 spiro atoms. The Balaban J connectivity index is 2.58. The lowest BCUT2D eigenvalue weighted by Gasteiger charge is -2.13. The zero-order valence-electron chi connectivity index (χ0n) is 17.1. The number of carboxylic acid groups (broad SMARTS) is 1. The van der Waals surface area contributed by atoms with Crippen LogP contribution in [0.4, 0.5) is 0 Å². The van der Waals surface area contributed by atoms with Crippen LogP contribution in [0.2, 0.25) is 0 Å². The van der Waals surface area contributed by atoms with E-state index in [2.05, 4.69) is 12.6 Å². The van der Waals surface area contributed by atoms with E-state index in [0.717, 1.165) is 40.8 Å². The highest BCUT2D eigenvalue weighted by Gasteiger charge is 2.14. The van der Waals surface area contributed by atoms with Gasteiger partial charge in [-0.3, -0.25) is 4.98 Å². The Kier molecular flexibility index (Phi) is 8.37. The minimum atomic E-state index is -0.933. The van der Waals surface area contributed by atoms with Crippen LogP contribution >= 0.6 is 0 Å². The first-order chi connectivity index (χ1) is 14.0. The molecule has 0 radical (unpaired) electrons. The number of methoxy groups -OCH3 is 2. The van der Waals surface area contributed by atoms with Gasteiger partial charge in [0.25, 0.3) is 0 Å². The molecule has 0 bridgehead atoms. The first kappa shape index (κ1) is 22.1. The Hall–Kier alpha value is -3.18. The van der Waals surface area contributed by atoms with Crippen LogP contribution in [0, 0.1) is 6.92 Å². The fraction of sp³-hybridized carbons (Fsp3) is 0.250. The van der Waals surface area contributed by atoms with E-state index >= 15 is 0 Å². The van der Waals surface area contributed by atoms with Crippen molar-refractivity contribution in [1.82, 2.24) is 4.98 Å². The van der Waals surface area contributed by atoms with Gasteiger partial charge in [0.1, 0.15) is 0 Å². The highest BCUT2D eigenvalue weighted by atomic mass is 16.5. The number of ether oxygens (including phenoxy) is 2. The van der Waals surface area contributed by atoms with Gasteiger partial charge in [0, 0.05) is 31.1 Å². The molecule has 1 heterocycles. The van der Waals surface area contributed by atoms with E-state index in [1.807, 2.05) is 24.4 Å². The van der Waals surface area contributed by atoms with E-state index < -0.39 is 5.97 Å². The van der Waals surface area contributed by atoms with Crippen LogP contribution in [0.1, 0.15) is 33.6 Å². The van der Waals surface area contributed by atoms with Crippen LogP contribution in [0.15, 0.2) is 61.5 Å². The average Bonchev–Trinajstić information content (AvgIpc) is 2.71. The molecule has 2 rings (SSSR count). The number of hydrogen-bond acceptors (Lipinski definition) is 4. The summed E-state index contributed by atoms with van der Waals surface area (Å²) in [6.45, 7) is 6.39. The molecule has 0 atom stereocenters. The lowest BCUT2D eigenvalue weighted by Crippen LogP contribution is -2.01. The highest BCUT2D eigenvalue weighted by molar-refractivity contribution is 5.91. The molecule has 0 aliphatic rings. The van der Waals surface area contributed by atoms with Gasteiger partial charge in [0.15, 0.2) is 0 Å². The fourth-order valence-electron chi connectivity index (χ4n) is 3.05. The second-order valence-electron chi connectivity index (χ2n) is 6.56. The van der Waals surface area contributed by atoms with Crippen LogP contribution in [-0.4, -0.2) is 36.9 Å². The number of rotatable bonds is 10. The Morgan fingerprint density at radius 3 is 2.69 bits per heavy atom. The minimum Gasteiger partial charge on any atom is -0.504 e. The summed E-state index contributed by atoms with van der Waals surface area (Å²) in [6, 6.07) is 7.44. The van der Waals surface area contributed by atoms with Crippen molar-refractivity contribution >= 4 is 11.5 Å². The van der Waals surface area contributed by atoms with E-state index in [4.69, 9.17) is 14.5 Å². The van der Waals surface area contributed by atoms with Gasteiger partial charge in [-0.15, -0.1) is 0 Å². The molecular weight excluding hydrogens is 366 g/mol. The van der Waals surface area contributed by atoms with Gasteiger partial charge in [-0.05, 0) is 60.7 Å². The third-order valence-corrected chi connectivity index (χ3v) is 4.51. The number of pyridine rings is 1. The molecule has 1 aromatic heterocycles. The third-order valence-electron chi connectivity index (χ3n) is 4.51. The summed E-state index contributed by atoms with van der Waals surface area (Å²) in [5.41, 5.74) is 5.55. The second kappa shape index (κ2) is 11.0. The van der Waals surface area contributed by atoms with Crippen molar-refractivity contribution in [3.05, 3.63) is 83.9 Å². The molecule has 1 N–H and O–H groups in total. The topological polar surface area (TPSA) is 68.7 Å². The number of aryl methyl sites for hydroxylation is 2. The van der Waals surface area contributed by atoms with Gasteiger partial charge in [-0.2, -0.15) is 0 Å². The molecule has 0 fully saturated rings. The number of benzene rings is 1. The van der Waals surface area contributed by atoms with E-state index in [0.29, 0.717) is 17.7 Å². The number of carbonyl (C=O) groups is 1. The third kappa shape index (κ3) is 5.90. The molecule has 0 aliphatic carbocycles. The number of hydrogen-bond donors (Lipinski definition) is 1. The Morgan fingerprint density at radius 1 is 1.28 bits per heavy atom. The summed E-state index contributed by atoms with van der Waals surface area (Å²) in [5, 5.41) is 9.33. The monoisotopic (exact) mass is 393 g/mol. The van der Waals surface area contributed by atoms with Crippen LogP contribution in [0.25, 0.3) is 16.7 Å². The number of allylic oxidation sites excluding steroid dienone is 4. The summed E-state index contributed by atoms with van der Waals surface area (Å²) < 4.78 is 10.1. The zero-order chi connectivity index (χ0) is 21.2. The lowest BCUT2D eigenvalue weighted by molar-refractivity contribution is 0.0696. The Labute approximate surface area is 172 Å². The quantitative estimate of drug-likeness (QED) is 0.347. The minimum absolute atomic E-state index is 0.294. The highest BCUT2D eigenvalue weighted by Crippen LogP contribution is 2.31. The molecule has 0 saturated heterocycles. The van der Waals surface area contributed by atoms with Crippen LogP contribution < -0.4 is 0 Å². The maximum Gasteiger partial charge on any atom is 0.335 e. The van der Waals surface area contributed by atoms with Crippen molar-refractivity contribution in [2.75, 3.05) is 20.8 Å². The largest absolute Gasteiger partial charge is 0.504 e. The fourth-order valence-corrected chi connectivity index (χ4v) is 3.05. The van der Waals surface area contributed by atoms with E-state index in [-0.39, 0.29) is 0 Å². The first-order valence-corrected chi connectivity index (χ1v) is 9.36. The van der Waals surface area contributed by atoms with E-state index in [1.165, 1.54) is 0 Å². The van der Waals surface area contributed by atoms with Gasteiger partial charge in [0.05, 0.1) is 24.6 Å². The standard InChI is InChI=1S/C24H27NO4/c1-5-19(9-7-13-29-4)23-22(15-18(16-25-23)8-6-12-28-3)20-10-11-21(24(26)27)17(2)14-20/h5,7,9-11,13-16H,1,6,8,12H2,2-4H3,(H,26,27)/b13-7+,19-9+. The summed E-state index contributed by atoms with van der Waals surface area (Å²) in [4.78, 5) is 16.1. The van der Waals surface area contributed by atoms with E-state index in [1.54, 1.807) is 45.6 Å². The van der Waals surface area contributed by atoms with Crippen molar-refractivity contribution in [3.8, 4) is 11.1 Å². The molecule has 29 heavy (non-hydrogen) atoms. The molecular formula is C24H27NO4. The molecule has 5 heteroatoms.